The molecule has 1 N–H and O–H groups in total. The summed E-state index contributed by atoms with van der Waals surface area (Å²) in [5.74, 6) is -0.698. The maximum Gasteiger partial charge on any atom is 0.311 e. The van der Waals surface area contributed by atoms with Gasteiger partial charge >= 0.3 is 5.97 Å². The first kappa shape index (κ1) is 17.0. The number of hydrogen-bond donors (Lipinski definition) is 1. The van der Waals surface area contributed by atoms with Crippen LogP contribution >= 0.6 is 0 Å². The van der Waals surface area contributed by atoms with Gasteiger partial charge in [-0.25, -0.2) is 0 Å². The van der Waals surface area contributed by atoms with Crippen molar-refractivity contribution in [2.24, 2.45) is 0 Å². The normalized spacial score (nSPS) is 12.1. The van der Waals surface area contributed by atoms with E-state index < -0.39 is 11.9 Å². The van der Waals surface area contributed by atoms with Crippen molar-refractivity contribution in [2.45, 2.75) is 25.7 Å². The van der Waals surface area contributed by atoms with Crippen molar-refractivity contribution in [1.29, 1.82) is 0 Å². The van der Waals surface area contributed by atoms with E-state index in [2.05, 4.69) is 13.0 Å². The summed E-state index contributed by atoms with van der Waals surface area (Å²) in [6, 6.07) is 19.8. The van der Waals surface area contributed by atoms with E-state index >= 15 is 0 Å². The summed E-state index contributed by atoms with van der Waals surface area (Å²) in [5, 5.41) is 11.9. The van der Waals surface area contributed by atoms with E-state index in [1.54, 1.807) is 7.11 Å². The minimum atomic E-state index is -0.819. The number of aryl methyl sites for hydroxylation is 1. The standard InChI is InChI=1S/C22H22O3/c1-3-15-11-12-21(25-2)17(13-15)14-20(22(23)24)19-10-6-8-16-7-4-5-9-18(16)19/h4-13,20H,3,14H2,1-2H3,(H,23,24). The molecule has 3 heteroatoms. The molecule has 0 aliphatic carbocycles. The summed E-state index contributed by atoms with van der Waals surface area (Å²) in [5.41, 5.74) is 2.95. The summed E-state index contributed by atoms with van der Waals surface area (Å²) in [6.07, 6.45) is 1.31. The van der Waals surface area contributed by atoms with E-state index in [0.29, 0.717) is 6.42 Å². The highest BCUT2D eigenvalue weighted by Crippen LogP contribution is 2.32. The highest BCUT2D eigenvalue weighted by atomic mass is 16.5. The minimum absolute atomic E-state index is 0.403. The topological polar surface area (TPSA) is 46.5 Å². The third-order valence-corrected chi connectivity index (χ3v) is 4.67. The Morgan fingerprint density at radius 1 is 1.08 bits per heavy atom. The molecule has 0 amide bonds. The Labute approximate surface area is 147 Å². The van der Waals surface area contributed by atoms with Gasteiger partial charge in [0.15, 0.2) is 0 Å². The van der Waals surface area contributed by atoms with E-state index in [4.69, 9.17) is 4.74 Å². The Kier molecular flexibility index (Phi) is 5.03. The average Bonchev–Trinajstić information content (AvgIpc) is 2.65. The minimum Gasteiger partial charge on any atom is -0.496 e. The Morgan fingerprint density at radius 2 is 1.84 bits per heavy atom. The fraction of sp³-hybridized carbons (Fsp3) is 0.227. The summed E-state index contributed by atoms with van der Waals surface area (Å²) in [4.78, 5) is 12.1. The van der Waals surface area contributed by atoms with Gasteiger partial charge in [0.05, 0.1) is 13.0 Å². The van der Waals surface area contributed by atoms with Gasteiger partial charge in [0.2, 0.25) is 0 Å². The number of carbonyl (C=O) groups is 1. The largest absolute Gasteiger partial charge is 0.496 e. The Morgan fingerprint density at radius 3 is 2.56 bits per heavy atom. The number of aliphatic carboxylic acids is 1. The molecule has 0 aliphatic heterocycles. The lowest BCUT2D eigenvalue weighted by atomic mass is 9.87. The number of fused-ring (bicyclic) bond motifs is 1. The fourth-order valence-electron chi connectivity index (χ4n) is 3.32. The van der Waals surface area contributed by atoms with Crippen LogP contribution in [-0.2, 0) is 17.6 Å². The molecule has 128 valence electrons. The number of ether oxygens (including phenoxy) is 1. The van der Waals surface area contributed by atoms with E-state index in [9.17, 15) is 9.90 Å². The van der Waals surface area contributed by atoms with Crippen LogP contribution in [0.4, 0.5) is 0 Å². The van der Waals surface area contributed by atoms with Crippen molar-refractivity contribution in [3.05, 3.63) is 77.4 Å². The molecule has 0 heterocycles. The Bertz CT molecular complexity index is 893. The molecule has 0 saturated carbocycles. The van der Waals surface area contributed by atoms with E-state index in [-0.39, 0.29) is 0 Å². The monoisotopic (exact) mass is 334 g/mol. The van der Waals surface area contributed by atoms with Gasteiger partial charge in [0, 0.05) is 0 Å². The summed E-state index contributed by atoms with van der Waals surface area (Å²) in [7, 11) is 1.62. The number of methoxy groups -OCH3 is 1. The second-order valence-corrected chi connectivity index (χ2v) is 6.16. The second kappa shape index (κ2) is 7.39. The SMILES string of the molecule is CCc1ccc(OC)c(CC(C(=O)O)c2cccc3ccccc23)c1. The predicted molar refractivity (Wildman–Crippen MR) is 100 cm³/mol. The fourth-order valence-corrected chi connectivity index (χ4v) is 3.32. The molecule has 3 aromatic carbocycles. The van der Waals surface area contributed by atoms with Crippen LogP contribution in [0.5, 0.6) is 5.75 Å². The third kappa shape index (κ3) is 3.50. The van der Waals surface area contributed by atoms with Crippen LogP contribution in [-0.4, -0.2) is 18.2 Å². The van der Waals surface area contributed by atoms with Gasteiger partial charge in [-0.3, -0.25) is 4.79 Å². The van der Waals surface area contributed by atoms with Crippen LogP contribution in [0.1, 0.15) is 29.5 Å². The zero-order valence-electron chi connectivity index (χ0n) is 14.5. The van der Waals surface area contributed by atoms with E-state index in [0.717, 1.165) is 34.1 Å². The first-order chi connectivity index (χ1) is 12.1. The zero-order chi connectivity index (χ0) is 17.8. The molecule has 0 aromatic heterocycles. The molecule has 0 radical (unpaired) electrons. The van der Waals surface area contributed by atoms with Crippen molar-refractivity contribution in [3.8, 4) is 5.75 Å². The number of carboxylic acids is 1. The van der Waals surface area contributed by atoms with Gasteiger partial charge in [-0.15, -0.1) is 0 Å². The van der Waals surface area contributed by atoms with Crippen LogP contribution in [0.15, 0.2) is 60.7 Å². The molecule has 0 bridgehead atoms. The lowest BCUT2D eigenvalue weighted by Gasteiger charge is -2.18. The van der Waals surface area contributed by atoms with Gasteiger partial charge in [-0.05, 0) is 46.4 Å². The molecular formula is C22H22O3. The summed E-state index contributed by atoms with van der Waals surface area (Å²) < 4.78 is 5.46. The number of hydrogen-bond acceptors (Lipinski definition) is 2. The molecule has 0 fully saturated rings. The highest BCUT2D eigenvalue weighted by Gasteiger charge is 2.24. The van der Waals surface area contributed by atoms with Gasteiger partial charge in [-0.1, -0.05) is 61.5 Å². The Hall–Kier alpha value is -2.81. The summed E-state index contributed by atoms with van der Waals surface area (Å²) in [6.45, 7) is 2.09. The molecule has 3 nitrogen and oxygen atoms in total. The van der Waals surface area contributed by atoms with Crippen LogP contribution in [0, 0.1) is 0 Å². The van der Waals surface area contributed by atoms with E-state index in [1.807, 2.05) is 54.6 Å². The predicted octanol–water partition coefficient (Wildman–Crippen LogP) is 4.82. The van der Waals surface area contributed by atoms with Gasteiger partial charge < -0.3 is 9.84 Å². The smallest absolute Gasteiger partial charge is 0.311 e. The molecule has 1 atom stereocenters. The van der Waals surface area contributed by atoms with Crippen LogP contribution < -0.4 is 4.74 Å². The highest BCUT2D eigenvalue weighted by molar-refractivity contribution is 5.90. The first-order valence-corrected chi connectivity index (χ1v) is 8.50. The number of carboxylic acid groups (broad SMARTS) is 1. The molecule has 0 saturated heterocycles. The Balaban J connectivity index is 2.07. The maximum absolute atomic E-state index is 12.1. The van der Waals surface area contributed by atoms with Gasteiger partial charge in [-0.2, -0.15) is 0 Å². The zero-order valence-corrected chi connectivity index (χ0v) is 14.5. The molecule has 25 heavy (non-hydrogen) atoms. The van der Waals surface area contributed by atoms with Crippen LogP contribution in [0.2, 0.25) is 0 Å². The van der Waals surface area contributed by atoms with Crippen molar-refractivity contribution in [1.82, 2.24) is 0 Å². The van der Waals surface area contributed by atoms with E-state index in [1.165, 1.54) is 5.56 Å². The molecule has 0 aliphatic rings. The van der Waals surface area contributed by atoms with Crippen molar-refractivity contribution in [3.63, 3.8) is 0 Å². The molecule has 3 aromatic rings. The number of benzene rings is 3. The molecular weight excluding hydrogens is 312 g/mol. The van der Waals surface area contributed by atoms with Crippen LogP contribution in [0.3, 0.4) is 0 Å². The number of rotatable bonds is 6. The van der Waals surface area contributed by atoms with Gasteiger partial charge in [0.25, 0.3) is 0 Å². The lowest BCUT2D eigenvalue weighted by Crippen LogP contribution is -2.15. The van der Waals surface area contributed by atoms with Crippen LogP contribution in [0.25, 0.3) is 10.8 Å². The maximum atomic E-state index is 12.1. The second-order valence-electron chi connectivity index (χ2n) is 6.16. The first-order valence-electron chi connectivity index (χ1n) is 8.50. The van der Waals surface area contributed by atoms with Gasteiger partial charge in [0.1, 0.15) is 5.75 Å². The van der Waals surface area contributed by atoms with Crippen molar-refractivity contribution >= 4 is 16.7 Å². The third-order valence-electron chi connectivity index (χ3n) is 4.67. The summed E-state index contributed by atoms with van der Waals surface area (Å²) >= 11 is 0. The molecule has 1 unspecified atom stereocenters. The molecule has 0 spiro atoms. The van der Waals surface area contributed by atoms with Crippen molar-refractivity contribution in [2.75, 3.05) is 7.11 Å². The van der Waals surface area contributed by atoms with Crippen molar-refractivity contribution < 1.29 is 14.6 Å². The average molecular weight is 334 g/mol. The molecule has 3 rings (SSSR count). The quantitative estimate of drug-likeness (QED) is 0.703. The lowest BCUT2D eigenvalue weighted by molar-refractivity contribution is -0.138.